The topological polar surface area (TPSA) is 131 Å². The second kappa shape index (κ2) is 4.59. The maximum Gasteiger partial charge on any atom is 0.202 e. The first-order valence-electron chi connectivity index (χ1n) is 6.13. The number of benzene rings is 2. The van der Waals surface area contributed by atoms with Crippen LogP contribution < -0.4 is 5.43 Å². The monoisotopic (exact) mass is 302 g/mol. The van der Waals surface area contributed by atoms with Crippen molar-refractivity contribution < 1.29 is 29.9 Å². The van der Waals surface area contributed by atoms with Crippen LogP contribution in [0.2, 0.25) is 0 Å². The van der Waals surface area contributed by atoms with Gasteiger partial charge in [-0.3, -0.25) is 4.79 Å². The molecule has 22 heavy (non-hydrogen) atoms. The van der Waals surface area contributed by atoms with Crippen LogP contribution in [0.5, 0.6) is 28.7 Å². The molecule has 0 unspecified atom stereocenters. The standard InChI is InChI=1S/C15H10O7/c16-6-2-1-3-7(17)12(6)11-5-9(19)13-8(18)4-10(20)14(21)15(13)22-11/h1-5,16-18,20-21H. The van der Waals surface area contributed by atoms with Crippen molar-refractivity contribution in [3.05, 3.63) is 40.6 Å². The van der Waals surface area contributed by atoms with Crippen LogP contribution in [0.1, 0.15) is 0 Å². The molecule has 3 rings (SSSR count). The van der Waals surface area contributed by atoms with Crippen LogP contribution >= 0.6 is 0 Å². The number of fused-ring (bicyclic) bond motifs is 1. The number of phenols is 5. The number of hydrogen-bond acceptors (Lipinski definition) is 7. The van der Waals surface area contributed by atoms with Gasteiger partial charge in [0, 0.05) is 12.1 Å². The summed E-state index contributed by atoms with van der Waals surface area (Å²) in [6, 6.07) is 5.71. The van der Waals surface area contributed by atoms with Gasteiger partial charge in [0.25, 0.3) is 0 Å². The molecule has 0 atom stereocenters. The van der Waals surface area contributed by atoms with Gasteiger partial charge in [0.2, 0.25) is 5.75 Å². The van der Waals surface area contributed by atoms with Crippen LogP contribution in [0.25, 0.3) is 22.3 Å². The zero-order valence-corrected chi connectivity index (χ0v) is 10.9. The van der Waals surface area contributed by atoms with Gasteiger partial charge in [0.15, 0.2) is 16.8 Å². The van der Waals surface area contributed by atoms with Gasteiger partial charge in [-0.1, -0.05) is 6.07 Å². The Labute approximate surface area is 122 Å². The van der Waals surface area contributed by atoms with E-state index in [1.165, 1.54) is 18.2 Å². The highest BCUT2D eigenvalue weighted by molar-refractivity contribution is 5.91. The molecule has 2 aromatic carbocycles. The van der Waals surface area contributed by atoms with E-state index in [-0.39, 0.29) is 28.2 Å². The van der Waals surface area contributed by atoms with Crippen molar-refractivity contribution in [3.63, 3.8) is 0 Å². The summed E-state index contributed by atoms with van der Waals surface area (Å²) < 4.78 is 5.29. The van der Waals surface area contributed by atoms with Gasteiger partial charge in [-0.15, -0.1) is 0 Å². The Balaban J connectivity index is 2.44. The lowest BCUT2D eigenvalue weighted by Crippen LogP contribution is -2.01. The molecule has 7 nitrogen and oxygen atoms in total. The van der Waals surface area contributed by atoms with Gasteiger partial charge in [-0.2, -0.15) is 0 Å². The maximum absolute atomic E-state index is 12.1. The molecule has 0 amide bonds. The Morgan fingerprint density at radius 1 is 0.818 bits per heavy atom. The second-order valence-corrected chi connectivity index (χ2v) is 4.61. The average molecular weight is 302 g/mol. The third-order valence-corrected chi connectivity index (χ3v) is 3.20. The minimum absolute atomic E-state index is 0.149. The van der Waals surface area contributed by atoms with Crippen molar-refractivity contribution in [3.8, 4) is 40.1 Å². The highest BCUT2D eigenvalue weighted by atomic mass is 16.4. The van der Waals surface area contributed by atoms with E-state index in [2.05, 4.69) is 0 Å². The summed E-state index contributed by atoms with van der Waals surface area (Å²) in [7, 11) is 0. The van der Waals surface area contributed by atoms with Crippen molar-refractivity contribution in [1.82, 2.24) is 0 Å². The van der Waals surface area contributed by atoms with Gasteiger partial charge in [-0.25, -0.2) is 0 Å². The molecule has 0 aliphatic carbocycles. The van der Waals surface area contributed by atoms with Gasteiger partial charge in [0.1, 0.15) is 34.0 Å². The molecule has 0 aliphatic rings. The third-order valence-electron chi connectivity index (χ3n) is 3.20. The van der Waals surface area contributed by atoms with Crippen molar-refractivity contribution in [2.45, 2.75) is 0 Å². The molecule has 1 heterocycles. The van der Waals surface area contributed by atoms with E-state index in [1.54, 1.807) is 0 Å². The molecular weight excluding hydrogens is 292 g/mol. The molecular formula is C15H10O7. The van der Waals surface area contributed by atoms with E-state index in [0.29, 0.717) is 0 Å². The van der Waals surface area contributed by atoms with Crippen molar-refractivity contribution in [1.29, 1.82) is 0 Å². The lowest BCUT2D eigenvalue weighted by atomic mass is 10.1. The summed E-state index contributed by atoms with van der Waals surface area (Å²) >= 11 is 0. The first-order valence-corrected chi connectivity index (χ1v) is 6.13. The molecule has 5 N–H and O–H groups in total. The SMILES string of the molecule is O=c1cc(-c2c(O)cccc2O)oc2c(O)c(O)cc(O)c12. The molecule has 0 saturated carbocycles. The van der Waals surface area contributed by atoms with E-state index >= 15 is 0 Å². The minimum atomic E-state index is -0.735. The molecule has 0 spiro atoms. The zero-order chi connectivity index (χ0) is 16.0. The number of hydrogen-bond donors (Lipinski definition) is 5. The lowest BCUT2D eigenvalue weighted by Gasteiger charge is -2.09. The van der Waals surface area contributed by atoms with Gasteiger partial charge >= 0.3 is 0 Å². The van der Waals surface area contributed by atoms with Crippen LogP contribution in [0, 0.1) is 0 Å². The van der Waals surface area contributed by atoms with Crippen LogP contribution in [-0.2, 0) is 0 Å². The Hall–Kier alpha value is -3.35. The summed E-state index contributed by atoms with van der Waals surface area (Å²) in [6.45, 7) is 0. The third kappa shape index (κ3) is 1.87. The fraction of sp³-hybridized carbons (Fsp3) is 0. The van der Waals surface area contributed by atoms with E-state index in [9.17, 15) is 30.3 Å². The summed E-state index contributed by atoms with van der Waals surface area (Å²) in [4.78, 5) is 12.1. The van der Waals surface area contributed by atoms with E-state index < -0.39 is 28.3 Å². The zero-order valence-electron chi connectivity index (χ0n) is 10.9. The molecule has 3 aromatic rings. The van der Waals surface area contributed by atoms with E-state index in [4.69, 9.17) is 4.42 Å². The summed E-state index contributed by atoms with van der Waals surface area (Å²) in [5.41, 5.74) is -1.32. The number of aromatic hydroxyl groups is 5. The number of rotatable bonds is 1. The van der Waals surface area contributed by atoms with Gasteiger partial charge in [0.05, 0.1) is 0 Å². The first kappa shape index (κ1) is 13.6. The second-order valence-electron chi connectivity index (χ2n) is 4.61. The average Bonchev–Trinajstić information content (AvgIpc) is 2.44. The highest BCUT2D eigenvalue weighted by Gasteiger charge is 2.20. The largest absolute Gasteiger partial charge is 0.507 e. The Kier molecular flexibility index (Phi) is 2.84. The van der Waals surface area contributed by atoms with Gasteiger partial charge < -0.3 is 29.9 Å². The van der Waals surface area contributed by atoms with Crippen LogP contribution in [0.15, 0.2) is 39.5 Å². The minimum Gasteiger partial charge on any atom is -0.507 e. The molecule has 7 heteroatoms. The quantitative estimate of drug-likeness (QED) is 0.343. The molecule has 1 aromatic heterocycles. The van der Waals surface area contributed by atoms with Crippen molar-refractivity contribution in [2.75, 3.05) is 0 Å². The van der Waals surface area contributed by atoms with Crippen molar-refractivity contribution >= 4 is 11.0 Å². The lowest BCUT2D eigenvalue weighted by molar-refractivity contribution is 0.393. The molecule has 0 bridgehead atoms. The van der Waals surface area contributed by atoms with Crippen molar-refractivity contribution in [2.24, 2.45) is 0 Å². The summed E-state index contributed by atoms with van der Waals surface area (Å²) in [5.74, 6) is -2.88. The molecule has 112 valence electrons. The van der Waals surface area contributed by atoms with Crippen LogP contribution in [0.4, 0.5) is 0 Å². The fourth-order valence-corrected chi connectivity index (χ4v) is 2.19. The molecule has 0 saturated heterocycles. The van der Waals surface area contributed by atoms with Gasteiger partial charge in [-0.05, 0) is 12.1 Å². The highest BCUT2D eigenvalue weighted by Crippen LogP contribution is 2.42. The first-order chi connectivity index (χ1) is 10.4. The smallest absolute Gasteiger partial charge is 0.202 e. The fourth-order valence-electron chi connectivity index (χ4n) is 2.19. The van der Waals surface area contributed by atoms with Crippen LogP contribution in [0.3, 0.4) is 0 Å². The summed E-state index contributed by atoms with van der Waals surface area (Å²) in [5, 5.41) is 48.3. The Morgan fingerprint density at radius 3 is 2.09 bits per heavy atom. The van der Waals surface area contributed by atoms with E-state index in [1.807, 2.05) is 0 Å². The molecule has 0 radical (unpaired) electrons. The Bertz CT molecular complexity index is 936. The number of phenolic OH excluding ortho intramolecular Hbond substituents is 5. The maximum atomic E-state index is 12.1. The normalized spacial score (nSPS) is 10.9. The van der Waals surface area contributed by atoms with E-state index in [0.717, 1.165) is 12.1 Å². The predicted molar refractivity (Wildman–Crippen MR) is 76.2 cm³/mol. The predicted octanol–water partition coefficient (Wildman–Crippen LogP) is 1.99. The van der Waals surface area contributed by atoms with Crippen LogP contribution in [-0.4, -0.2) is 25.5 Å². The Morgan fingerprint density at radius 2 is 1.45 bits per heavy atom. The summed E-state index contributed by atoms with van der Waals surface area (Å²) in [6.07, 6.45) is 0. The molecule has 0 aliphatic heterocycles. The molecule has 0 fully saturated rings.